The average Bonchev–Trinajstić information content (AvgIpc) is 2.26. The molecule has 1 unspecified atom stereocenters. The minimum absolute atomic E-state index is 0.0931. The largest absolute Gasteiger partial charge is 0.468 e. The van der Waals surface area contributed by atoms with E-state index in [1.54, 1.807) is 0 Å². The quantitative estimate of drug-likeness (QED) is 0.344. The normalized spacial score (nSPS) is 12.5. The lowest BCUT2D eigenvalue weighted by Gasteiger charge is -2.21. The lowest BCUT2D eigenvalue weighted by atomic mass is 10.1. The van der Waals surface area contributed by atoms with E-state index in [0.717, 1.165) is 19.3 Å². The second kappa shape index (κ2) is 9.40. The third-order valence-electron chi connectivity index (χ3n) is 2.73. The Morgan fingerprint density at radius 1 is 1.31 bits per heavy atom. The minimum Gasteiger partial charge on any atom is -0.468 e. The molecule has 0 bridgehead atoms. The molecule has 0 rings (SSSR count). The van der Waals surface area contributed by atoms with Crippen LogP contribution in [0.3, 0.4) is 0 Å². The highest BCUT2D eigenvalue weighted by molar-refractivity contribution is 5.75. The molecule has 0 saturated carbocycles. The van der Waals surface area contributed by atoms with E-state index >= 15 is 0 Å². The molecule has 0 aliphatic heterocycles. The lowest BCUT2D eigenvalue weighted by Crippen LogP contribution is -2.36. The summed E-state index contributed by atoms with van der Waals surface area (Å²) in [5.74, 6) is -0.129. The highest BCUT2D eigenvalue weighted by Crippen LogP contribution is 2.11. The number of unbranched alkanes of at least 4 members (excludes halogenated alkanes) is 4. The molecular formula is C13H25NO2. The first-order valence-electron chi connectivity index (χ1n) is 5.98. The van der Waals surface area contributed by atoms with E-state index in [1.807, 2.05) is 25.1 Å². The van der Waals surface area contributed by atoms with E-state index in [0.29, 0.717) is 0 Å². The van der Waals surface area contributed by atoms with Crippen molar-refractivity contribution in [2.75, 3.05) is 21.2 Å². The summed E-state index contributed by atoms with van der Waals surface area (Å²) in [6, 6.07) is -0.0931. The van der Waals surface area contributed by atoms with Gasteiger partial charge in [-0.15, -0.1) is 6.58 Å². The Labute approximate surface area is 99.5 Å². The highest BCUT2D eigenvalue weighted by atomic mass is 16.5. The van der Waals surface area contributed by atoms with Crippen LogP contribution in [0.5, 0.6) is 0 Å². The van der Waals surface area contributed by atoms with Crippen LogP contribution in [-0.2, 0) is 9.53 Å². The Hall–Kier alpha value is -0.830. The summed E-state index contributed by atoms with van der Waals surface area (Å²) in [6.45, 7) is 3.70. The number of carbonyl (C=O) groups is 1. The molecule has 0 radical (unpaired) electrons. The van der Waals surface area contributed by atoms with Crippen molar-refractivity contribution in [3.8, 4) is 0 Å². The van der Waals surface area contributed by atoms with Gasteiger partial charge in [0.2, 0.25) is 0 Å². The number of esters is 1. The van der Waals surface area contributed by atoms with E-state index in [1.165, 1.54) is 26.4 Å². The molecule has 94 valence electrons. The van der Waals surface area contributed by atoms with Crippen LogP contribution in [0.2, 0.25) is 0 Å². The summed E-state index contributed by atoms with van der Waals surface area (Å²) in [5.41, 5.74) is 0. The fraction of sp³-hybridized carbons (Fsp3) is 0.769. The molecule has 0 fully saturated rings. The van der Waals surface area contributed by atoms with Crippen LogP contribution < -0.4 is 0 Å². The Morgan fingerprint density at radius 2 is 1.94 bits per heavy atom. The van der Waals surface area contributed by atoms with Gasteiger partial charge in [0.25, 0.3) is 0 Å². The number of rotatable bonds is 9. The SMILES string of the molecule is C=CCCCCCCC(C(=O)OC)N(C)C. The first-order valence-corrected chi connectivity index (χ1v) is 5.98. The number of ether oxygens (including phenoxy) is 1. The molecule has 3 heteroatoms. The molecule has 0 aromatic rings. The van der Waals surface area contributed by atoms with Crippen LogP contribution in [0.4, 0.5) is 0 Å². The number of carbonyl (C=O) groups excluding carboxylic acids is 1. The van der Waals surface area contributed by atoms with Gasteiger partial charge in [0.05, 0.1) is 7.11 Å². The summed E-state index contributed by atoms with van der Waals surface area (Å²) < 4.78 is 4.78. The van der Waals surface area contributed by atoms with Gasteiger partial charge in [-0.1, -0.05) is 25.3 Å². The summed E-state index contributed by atoms with van der Waals surface area (Å²) in [7, 11) is 5.28. The zero-order valence-electron chi connectivity index (χ0n) is 10.9. The second-order valence-electron chi connectivity index (χ2n) is 4.28. The molecule has 0 aliphatic carbocycles. The maximum Gasteiger partial charge on any atom is 0.323 e. The van der Waals surface area contributed by atoms with Crippen LogP contribution in [0.1, 0.15) is 38.5 Å². The fourth-order valence-corrected chi connectivity index (χ4v) is 1.70. The molecule has 1 atom stereocenters. The number of likely N-dealkylation sites (N-methyl/N-ethyl adjacent to an activating group) is 1. The Bertz CT molecular complexity index is 202. The third-order valence-corrected chi connectivity index (χ3v) is 2.73. The van der Waals surface area contributed by atoms with Gasteiger partial charge in [-0.05, 0) is 33.4 Å². The summed E-state index contributed by atoms with van der Waals surface area (Å²) in [4.78, 5) is 13.4. The number of hydrogen-bond acceptors (Lipinski definition) is 3. The molecule has 0 aromatic heterocycles. The van der Waals surface area contributed by atoms with Crippen molar-refractivity contribution < 1.29 is 9.53 Å². The van der Waals surface area contributed by atoms with Crippen molar-refractivity contribution in [3.63, 3.8) is 0 Å². The van der Waals surface area contributed by atoms with E-state index in [9.17, 15) is 4.79 Å². The molecule has 16 heavy (non-hydrogen) atoms. The van der Waals surface area contributed by atoms with Crippen LogP contribution in [0.25, 0.3) is 0 Å². The van der Waals surface area contributed by atoms with Crippen LogP contribution in [0.15, 0.2) is 12.7 Å². The second-order valence-corrected chi connectivity index (χ2v) is 4.28. The van der Waals surface area contributed by atoms with E-state index in [-0.39, 0.29) is 12.0 Å². The summed E-state index contributed by atoms with van der Waals surface area (Å²) in [6.07, 6.45) is 8.60. The summed E-state index contributed by atoms with van der Waals surface area (Å²) >= 11 is 0. The molecule has 0 aromatic carbocycles. The van der Waals surface area contributed by atoms with Crippen molar-refractivity contribution >= 4 is 5.97 Å². The number of methoxy groups -OCH3 is 1. The van der Waals surface area contributed by atoms with Gasteiger partial charge in [0, 0.05) is 0 Å². The zero-order chi connectivity index (χ0) is 12.4. The molecule has 0 amide bonds. The molecule has 3 nitrogen and oxygen atoms in total. The van der Waals surface area contributed by atoms with E-state index in [2.05, 4.69) is 6.58 Å². The highest BCUT2D eigenvalue weighted by Gasteiger charge is 2.20. The van der Waals surface area contributed by atoms with Crippen molar-refractivity contribution in [1.82, 2.24) is 4.90 Å². The third kappa shape index (κ3) is 6.62. The summed E-state index contributed by atoms with van der Waals surface area (Å²) in [5, 5.41) is 0. The molecular weight excluding hydrogens is 202 g/mol. The number of nitrogens with zero attached hydrogens (tertiary/aromatic N) is 1. The first-order chi connectivity index (χ1) is 7.63. The van der Waals surface area contributed by atoms with Gasteiger partial charge in [0.15, 0.2) is 0 Å². The van der Waals surface area contributed by atoms with E-state index in [4.69, 9.17) is 4.74 Å². The fourth-order valence-electron chi connectivity index (χ4n) is 1.70. The Morgan fingerprint density at radius 3 is 2.44 bits per heavy atom. The van der Waals surface area contributed by atoms with Crippen molar-refractivity contribution in [3.05, 3.63) is 12.7 Å². The molecule has 0 heterocycles. The average molecular weight is 227 g/mol. The Kier molecular flexibility index (Phi) is 8.91. The first kappa shape index (κ1) is 15.2. The predicted molar refractivity (Wildman–Crippen MR) is 67.4 cm³/mol. The molecule has 0 saturated heterocycles. The van der Waals surface area contributed by atoms with Gasteiger partial charge < -0.3 is 4.74 Å². The Balaban J connectivity index is 3.69. The van der Waals surface area contributed by atoms with Gasteiger partial charge in [-0.3, -0.25) is 9.69 Å². The number of hydrogen-bond donors (Lipinski definition) is 0. The monoisotopic (exact) mass is 227 g/mol. The predicted octanol–water partition coefficient (Wildman–Crippen LogP) is 2.62. The van der Waals surface area contributed by atoms with Crippen LogP contribution in [-0.4, -0.2) is 38.1 Å². The van der Waals surface area contributed by atoms with Gasteiger partial charge >= 0.3 is 5.97 Å². The van der Waals surface area contributed by atoms with E-state index < -0.39 is 0 Å². The van der Waals surface area contributed by atoms with Crippen molar-refractivity contribution in [2.24, 2.45) is 0 Å². The van der Waals surface area contributed by atoms with Crippen LogP contribution >= 0.6 is 0 Å². The topological polar surface area (TPSA) is 29.5 Å². The number of allylic oxidation sites excluding steroid dienone is 1. The standard InChI is InChI=1S/C13H25NO2/c1-5-6-7-8-9-10-11-12(14(2)3)13(15)16-4/h5,12H,1,6-11H2,2-4H3. The van der Waals surface area contributed by atoms with Crippen molar-refractivity contribution in [2.45, 2.75) is 44.6 Å². The van der Waals surface area contributed by atoms with Gasteiger partial charge in [0.1, 0.15) is 6.04 Å². The lowest BCUT2D eigenvalue weighted by molar-refractivity contribution is -0.146. The maximum absolute atomic E-state index is 11.4. The minimum atomic E-state index is -0.129. The van der Waals surface area contributed by atoms with Crippen molar-refractivity contribution in [1.29, 1.82) is 0 Å². The maximum atomic E-state index is 11.4. The van der Waals surface area contributed by atoms with Gasteiger partial charge in [-0.2, -0.15) is 0 Å². The smallest absolute Gasteiger partial charge is 0.323 e. The van der Waals surface area contributed by atoms with Crippen LogP contribution in [0, 0.1) is 0 Å². The molecule has 0 N–H and O–H groups in total. The zero-order valence-corrected chi connectivity index (χ0v) is 10.9. The molecule has 0 aliphatic rings. The van der Waals surface area contributed by atoms with Gasteiger partial charge in [-0.25, -0.2) is 0 Å². The molecule has 0 spiro atoms.